The number of fused-ring (bicyclic) bond motifs is 1. The molecule has 39 heavy (non-hydrogen) atoms. The molecule has 10 nitrogen and oxygen atoms in total. The van der Waals surface area contributed by atoms with Gasteiger partial charge in [-0.3, -0.25) is 4.79 Å². The van der Waals surface area contributed by atoms with E-state index in [-0.39, 0.29) is 31.2 Å². The van der Waals surface area contributed by atoms with E-state index in [2.05, 4.69) is 34.0 Å². The summed E-state index contributed by atoms with van der Waals surface area (Å²) < 4.78 is 8.32. The number of allylic oxidation sites excluding steroid dienone is 1. The molecule has 3 aromatic heterocycles. The normalized spacial score (nSPS) is 20.3. The molecule has 0 unspecified atom stereocenters. The van der Waals surface area contributed by atoms with E-state index < -0.39 is 5.60 Å². The molecule has 1 saturated heterocycles. The topological polar surface area (TPSA) is 124 Å². The van der Waals surface area contributed by atoms with Gasteiger partial charge < -0.3 is 20.0 Å². The van der Waals surface area contributed by atoms with E-state index in [0.717, 1.165) is 37.7 Å². The van der Waals surface area contributed by atoms with Crippen molar-refractivity contribution >= 4 is 29.0 Å². The van der Waals surface area contributed by atoms with Crippen LogP contribution in [0.3, 0.4) is 0 Å². The summed E-state index contributed by atoms with van der Waals surface area (Å²) in [7, 11) is 0. The maximum absolute atomic E-state index is 13.2. The van der Waals surface area contributed by atoms with Crippen molar-refractivity contribution in [3.63, 3.8) is 0 Å². The number of anilines is 2. The molecule has 1 saturated carbocycles. The van der Waals surface area contributed by atoms with Crippen molar-refractivity contribution in [2.24, 2.45) is 5.92 Å². The zero-order valence-electron chi connectivity index (χ0n) is 21.5. The molecule has 0 bridgehead atoms. The van der Waals surface area contributed by atoms with Crippen molar-refractivity contribution in [1.82, 2.24) is 24.3 Å². The third-order valence-electron chi connectivity index (χ3n) is 7.69. The summed E-state index contributed by atoms with van der Waals surface area (Å²) in [6.07, 6.45) is 8.17. The van der Waals surface area contributed by atoms with Crippen LogP contribution in [-0.2, 0) is 21.7 Å². The number of rotatable bonds is 8. The summed E-state index contributed by atoms with van der Waals surface area (Å²) in [5.41, 5.74) is 1.54. The summed E-state index contributed by atoms with van der Waals surface area (Å²) in [6, 6.07) is 13.5. The molecular weight excluding hydrogens is 496 g/mol. The lowest BCUT2D eigenvalue weighted by Crippen LogP contribution is -2.47. The van der Waals surface area contributed by atoms with Gasteiger partial charge in [0, 0.05) is 17.8 Å². The predicted molar refractivity (Wildman–Crippen MR) is 146 cm³/mol. The number of hydrogen-bond donors (Lipinski definition) is 2. The van der Waals surface area contributed by atoms with E-state index in [1.807, 2.05) is 12.1 Å². The number of carbonyl (C=O) groups is 1. The standard InChI is InChI=1S/C29H30N6O4/c1-2-14-34-27(37)23-15-30-28(31-22-12-10-21(11-13-22)20-8-6-19(16-36)7-9-20)33-26(23)35(34)25-5-3-4-24(32-25)29(38)17-39-18-29/h2-5,10-13,15-16,19-20,38H,1,6-9,14,17-18H2,(H,30,31,33). The van der Waals surface area contributed by atoms with Gasteiger partial charge in [-0.15, -0.1) is 6.58 Å². The molecular formula is C29H30N6O4. The minimum atomic E-state index is -1.15. The van der Waals surface area contributed by atoms with E-state index in [9.17, 15) is 14.7 Å². The SMILES string of the molecule is C=CCn1c(=O)c2cnc(Nc3ccc(C4CCC(C=O)CC4)cc3)nc2n1-c1cccc(C2(O)COC2)n1. The van der Waals surface area contributed by atoms with Crippen LogP contribution >= 0.6 is 0 Å². The molecule has 4 aromatic rings. The Morgan fingerprint density at radius 1 is 1.10 bits per heavy atom. The van der Waals surface area contributed by atoms with Crippen molar-refractivity contribution in [1.29, 1.82) is 0 Å². The van der Waals surface area contributed by atoms with Gasteiger partial charge in [-0.2, -0.15) is 4.98 Å². The second-order valence-electron chi connectivity index (χ2n) is 10.3. The number of ether oxygens (including phenoxy) is 1. The van der Waals surface area contributed by atoms with Crippen LogP contribution in [0, 0.1) is 5.92 Å². The first-order valence-corrected chi connectivity index (χ1v) is 13.2. The highest BCUT2D eigenvalue weighted by atomic mass is 16.5. The summed E-state index contributed by atoms with van der Waals surface area (Å²) in [5.74, 6) is 1.45. The third-order valence-corrected chi connectivity index (χ3v) is 7.69. The molecule has 1 aromatic carbocycles. The highest BCUT2D eigenvalue weighted by molar-refractivity contribution is 5.77. The highest BCUT2D eigenvalue weighted by Crippen LogP contribution is 2.35. The number of carbonyl (C=O) groups excluding carboxylic acids is 1. The highest BCUT2D eigenvalue weighted by Gasteiger charge is 2.39. The Balaban J connectivity index is 1.32. The number of aromatic nitrogens is 5. The predicted octanol–water partition coefficient (Wildman–Crippen LogP) is 3.60. The number of pyridine rings is 1. The smallest absolute Gasteiger partial charge is 0.278 e. The summed E-state index contributed by atoms with van der Waals surface area (Å²) in [6.45, 7) is 4.38. The van der Waals surface area contributed by atoms with E-state index in [0.29, 0.717) is 34.4 Å². The third kappa shape index (κ3) is 4.66. The average molecular weight is 527 g/mol. The first-order valence-electron chi connectivity index (χ1n) is 13.2. The molecule has 1 aliphatic heterocycles. The van der Waals surface area contributed by atoms with Crippen LogP contribution in [0.2, 0.25) is 0 Å². The van der Waals surface area contributed by atoms with Crippen LogP contribution in [0.25, 0.3) is 16.9 Å². The zero-order chi connectivity index (χ0) is 27.0. The van der Waals surface area contributed by atoms with Gasteiger partial charge in [-0.25, -0.2) is 19.3 Å². The van der Waals surface area contributed by atoms with Crippen LogP contribution in [0.15, 0.2) is 66.1 Å². The Kier molecular flexibility index (Phi) is 6.58. The van der Waals surface area contributed by atoms with Crippen LogP contribution < -0.4 is 10.9 Å². The number of nitrogens with zero attached hydrogens (tertiary/aromatic N) is 5. The Labute approximate surface area is 225 Å². The van der Waals surface area contributed by atoms with Crippen molar-refractivity contribution in [2.75, 3.05) is 18.5 Å². The van der Waals surface area contributed by atoms with Crippen molar-refractivity contribution in [2.45, 2.75) is 43.7 Å². The van der Waals surface area contributed by atoms with Gasteiger partial charge in [0.15, 0.2) is 17.1 Å². The fraction of sp³-hybridized carbons (Fsp3) is 0.345. The average Bonchev–Trinajstić information content (AvgIpc) is 3.23. The number of aliphatic hydroxyl groups is 1. The molecule has 10 heteroatoms. The van der Waals surface area contributed by atoms with Crippen LogP contribution in [-0.4, -0.2) is 48.9 Å². The van der Waals surface area contributed by atoms with E-state index in [1.165, 1.54) is 16.4 Å². The molecule has 2 fully saturated rings. The molecule has 0 atom stereocenters. The lowest BCUT2D eigenvalue weighted by molar-refractivity contribution is -0.186. The number of aldehydes is 1. The Morgan fingerprint density at radius 2 is 1.87 bits per heavy atom. The summed E-state index contributed by atoms with van der Waals surface area (Å²) in [4.78, 5) is 38.0. The molecule has 2 aliphatic rings. The Hall–Kier alpha value is -4.15. The molecule has 0 amide bonds. The van der Waals surface area contributed by atoms with Gasteiger partial charge in [-0.05, 0) is 61.4 Å². The van der Waals surface area contributed by atoms with Crippen LogP contribution in [0.1, 0.15) is 42.9 Å². The summed E-state index contributed by atoms with van der Waals surface area (Å²) >= 11 is 0. The monoisotopic (exact) mass is 526 g/mol. The first kappa shape index (κ1) is 25.1. The van der Waals surface area contributed by atoms with Crippen molar-refractivity contribution in [3.8, 4) is 5.82 Å². The summed E-state index contributed by atoms with van der Waals surface area (Å²) in [5, 5.41) is 14.3. The van der Waals surface area contributed by atoms with Gasteiger partial charge >= 0.3 is 0 Å². The fourth-order valence-electron chi connectivity index (χ4n) is 5.41. The molecule has 2 N–H and O–H groups in total. The Morgan fingerprint density at radius 3 is 2.54 bits per heavy atom. The van der Waals surface area contributed by atoms with E-state index >= 15 is 0 Å². The minimum Gasteiger partial charge on any atom is -0.379 e. The lowest BCUT2D eigenvalue weighted by Gasteiger charge is -2.35. The molecule has 200 valence electrons. The second-order valence-corrected chi connectivity index (χ2v) is 10.3. The molecule has 0 spiro atoms. The van der Waals surface area contributed by atoms with Crippen LogP contribution in [0.4, 0.5) is 11.6 Å². The van der Waals surface area contributed by atoms with Gasteiger partial charge in [0.1, 0.15) is 11.7 Å². The second kappa shape index (κ2) is 10.2. The van der Waals surface area contributed by atoms with Crippen molar-refractivity contribution < 1.29 is 14.6 Å². The molecule has 6 rings (SSSR count). The van der Waals surface area contributed by atoms with Gasteiger partial charge in [0.05, 0.1) is 25.5 Å². The van der Waals surface area contributed by atoms with Gasteiger partial charge in [0.2, 0.25) is 5.95 Å². The lowest BCUT2D eigenvalue weighted by atomic mass is 9.79. The largest absolute Gasteiger partial charge is 0.379 e. The number of benzene rings is 1. The maximum atomic E-state index is 13.2. The molecule has 1 aliphatic carbocycles. The number of hydrogen-bond acceptors (Lipinski definition) is 8. The van der Waals surface area contributed by atoms with E-state index in [4.69, 9.17) is 9.72 Å². The maximum Gasteiger partial charge on any atom is 0.278 e. The Bertz CT molecular complexity index is 1580. The first-order chi connectivity index (χ1) is 19.0. The number of nitrogens with one attached hydrogen (secondary N) is 1. The van der Waals surface area contributed by atoms with Crippen molar-refractivity contribution in [3.05, 3.63) is 82.9 Å². The molecule has 4 heterocycles. The minimum absolute atomic E-state index is 0.171. The quantitative estimate of drug-likeness (QED) is 0.264. The molecule has 0 radical (unpaired) electrons. The van der Waals surface area contributed by atoms with E-state index in [1.54, 1.807) is 29.0 Å². The zero-order valence-corrected chi connectivity index (χ0v) is 21.5. The fourth-order valence-corrected chi connectivity index (χ4v) is 5.41. The van der Waals surface area contributed by atoms with Gasteiger partial charge in [0.25, 0.3) is 5.56 Å². The van der Waals surface area contributed by atoms with Crippen LogP contribution in [0.5, 0.6) is 0 Å². The van der Waals surface area contributed by atoms with Gasteiger partial charge in [-0.1, -0.05) is 24.3 Å².